The summed E-state index contributed by atoms with van der Waals surface area (Å²) in [5.41, 5.74) is 5.40. The molecule has 0 saturated carbocycles. The van der Waals surface area contributed by atoms with Gasteiger partial charge in [-0.3, -0.25) is 4.79 Å². The summed E-state index contributed by atoms with van der Waals surface area (Å²) in [7, 11) is 0. The number of primary amides is 1. The number of carbonyl (C=O) groups excluding carboxylic acids is 2. The van der Waals surface area contributed by atoms with Gasteiger partial charge in [0.05, 0.1) is 12.2 Å². The summed E-state index contributed by atoms with van der Waals surface area (Å²) >= 11 is 0. The van der Waals surface area contributed by atoms with Crippen molar-refractivity contribution in [3.63, 3.8) is 0 Å². The first-order chi connectivity index (χ1) is 8.63. The number of rotatable bonds is 7. The Labute approximate surface area is 106 Å². The maximum absolute atomic E-state index is 11.6. The largest absolute Gasteiger partial charge is 0.484 e. The molecule has 0 fully saturated rings. The van der Waals surface area contributed by atoms with E-state index in [2.05, 4.69) is 0 Å². The number of ether oxygens (including phenoxy) is 2. The van der Waals surface area contributed by atoms with Crippen molar-refractivity contribution in [3.05, 3.63) is 29.8 Å². The molecule has 0 spiro atoms. The molecule has 0 heterocycles. The van der Waals surface area contributed by atoms with Crippen LogP contribution < -0.4 is 10.5 Å². The van der Waals surface area contributed by atoms with Gasteiger partial charge >= 0.3 is 5.97 Å². The zero-order valence-electron chi connectivity index (χ0n) is 10.3. The summed E-state index contributed by atoms with van der Waals surface area (Å²) in [5.74, 6) is -0.415. The zero-order chi connectivity index (χ0) is 13.4. The van der Waals surface area contributed by atoms with Gasteiger partial charge in [0.15, 0.2) is 6.61 Å². The van der Waals surface area contributed by atoms with Crippen LogP contribution >= 0.6 is 0 Å². The molecule has 0 unspecified atom stereocenters. The number of esters is 1. The summed E-state index contributed by atoms with van der Waals surface area (Å²) in [4.78, 5) is 22.1. The van der Waals surface area contributed by atoms with Crippen molar-refractivity contribution in [2.24, 2.45) is 5.73 Å². The Morgan fingerprint density at radius 2 is 1.89 bits per heavy atom. The van der Waals surface area contributed by atoms with Crippen molar-refractivity contribution < 1.29 is 19.1 Å². The quantitative estimate of drug-likeness (QED) is 0.588. The van der Waals surface area contributed by atoms with E-state index in [1.165, 1.54) is 0 Å². The van der Waals surface area contributed by atoms with Crippen LogP contribution in [0.4, 0.5) is 0 Å². The average molecular weight is 251 g/mol. The van der Waals surface area contributed by atoms with Crippen molar-refractivity contribution in [2.45, 2.75) is 19.8 Å². The van der Waals surface area contributed by atoms with Gasteiger partial charge in [-0.15, -0.1) is 0 Å². The molecule has 0 atom stereocenters. The second-order valence-corrected chi connectivity index (χ2v) is 3.77. The van der Waals surface area contributed by atoms with Crippen LogP contribution in [0.3, 0.4) is 0 Å². The van der Waals surface area contributed by atoms with Crippen molar-refractivity contribution in [1.82, 2.24) is 0 Å². The van der Waals surface area contributed by atoms with Crippen molar-refractivity contribution >= 4 is 11.9 Å². The number of benzene rings is 1. The SMILES string of the molecule is CCCCOC(=O)c1ccc(OCC(N)=O)cc1. The molecule has 0 aliphatic heterocycles. The molecule has 0 radical (unpaired) electrons. The fourth-order valence-corrected chi connectivity index (χ4v) is 1.23. The Morgan fingerprint density at radius 1 is 1.22 bits per heavy atom. The highest BCUT2D eigenvalue weighted by Gasteiger charge is 2.06. The standard InChI is InChI=1S/C13H17NO4/c1-2-3-8-17-13(16)10-4-6-11(7-5-10)18-9-12(14)15/h4-7H,2-3,8-9H2,1H3,(H2,14,15). The fourth-order valence-electron chi connectivity index (χ4n) is 1.23. The van der Waals surface area contributed by atoms with Gasteiger partial charge in [-0.2, -0.15) is 0 Å². The van der Waals surface area contributed by atoms with Crippen molar-refractivity contribution in [2.75, 3.05) is 13.2 Å². The molecule has 0 aliphatic rings. The Balaban J connectivity index is 2.48. The highest BCUT2D eigenvalue weighted by molar-refractivity contribution is 5.89. The van der Waals surface area contributed by atoms with E-state index in [0.29, 0.717) is 17.9 Å². The molecule has 1 aromatic rings. The molecule has 1 aromatic carbocycles. The predicted octanol–water partition coefficient (Wildman–Crippen LogP) is 1.51. The smallest absolute Gasteiger partial charge is 0.338 e. The second kappa shape index (κ2) is 7.32. The molecule has 5 nitrogen and oxygen atoms in total. The molecule has 98 valence electrons. The van der Waals surface area contributed by atoms with Gasteiger partial charge in [0.2, 0.25) is 0 Å². The molecule has 0 aliphatic carbocycles. The van der Waals surface area contributed by atoms with Gasteiger partial charge in [-0.1, -0.05) is 13.3 Å². The highest BCUT2D eigenvalue weighted by atomic mass is 16.5. The maximum atomic E-state index is 11.6. The van der Waals surface area contributed by atoms with E-state index in [9.17, 15) is 9.59 Å². The van der Waals surface area contributed by atoms with E-state index in [1.807, 2.05) is 6.92 Å². The van der Waals surface area contributed by atoms with Crippen LogP contribution in [0.5, 0.6) is 5.75 Å². The molecular formula is C13H17NO4. The van der Waals surface area contributed by atoms with E-state index >= 15 is 0 Å². The summed E-state index contributed by atoms with van der Waals surface area (Å²) in [5, 5.41) is 0. The lowest BCUT2D eigenvalue weighted by Gasteiger charge is -2.06. The molecule has 1 amide bonds. The minimum Gasteiger partial charge on any atom is -0.484 e. The van der Waals surface area contributed by atoms with Crippen LogP contribution in [0.15, 0.2) is 24.3 Å². The number of carbonyl (C=O) groups is 2. The zero-order valence-corrected chi connectivity index (χ0v) is 10.3. The molecule has 5 heteroatoms. The first-order valence-electron chi connectivity index (χ1n) is 5.81. The van der Waals surface area contributed by atoms with E-state index in [1.54, 1.807) is 24.3 Å². The second-order valence-electron chi connectivity index (χ2n) is 3.77. The lowest BCUT2D eigenvalue weighted by atomic mass is 10.2. The summed E-state index contributed by atoms with van der Waals surface area (Å²) < 4.78 is 10.1. The third-order valence-corrected chi connectivity index (χ3v) is 2.20. The number of hydrogen-bond acceptors (Lipinski definition) is 4. The van der Waals surface area contributed by atoms with Gasteiger partial charge in [-0.05, 0) is 30.7 Å². The normalized spacial score (nSPS) is 9.83. The minimum atomic E-state index is -0.543. The fraction of sp³-hybridized carbons (Fsp3) is 0.385. The van der Waals surface area contributed by atoms with E-state index in [0.717, 1.165) is 12.8 Å². The summed E-state index contributed by atoms with van der Waals surface area (Å²) in [6, 6.07) is 6.37. The number of hydrogen-bond donors (Lipinski definition) is 1. The molecule has 18 heavy (non-hydrogen) atoms. The lowest BCUT2D eigenvalue weighted by molar-refractivity contribution is -0.119. The van der Waals surface area contributed by atoms with Gasteiger partial charge in [0.1, 0.15) is 5.75 Å². The number of nitrogens with two attached hydrogens (primary N) is 1. The minimum absolute atomic E-state index is 0.180. The van der Waals surface area contributed by atoms with Crippen LogP contribution in [0.2, 0.25) is 0 Å². The highest BCUT2D eigenvalue weighted by Crippen LogP contribution is 2.13. The third-order valence-electron chi connectivity index (χ3n) is 2.20. The Hall–Kier alpha value is -2.04. The van der Waals surface area contributed by atoms with E-state index in [4.69, 9.17) is 15.2 Å². The Bertz CT molecular complexity index is 400. The first-order valence-corrected chi connectivity index (χ1v) is 5.81. The van der Waals surface area contributed by atoms with E-state index in [-0.39, 0.29) is 12.6 Å². The van der Waals surface area contributed by atoms with Gasteiger partial charge in [0.25, 0.3) is 5.91 Å². The van der Waals surface area contributed by atoms with Gasteiger partial charge in [0, 0.05) is 0 Å². The molecule has 1 rings (SSSR count). The lowest BCUT2D eigenvalue weighted by Crippen LogP contribution is -2.20. The van der Waals surface area contributed by atoms with Crippen LogP contribution in [-0.4, -0.2) is 25.1 Å². The van der Waals surface area contributed by atoms with Crippen LogP contribution in [0.1, 0.15) is 30.1 Å². The molecule has 2 N–H and O–H groups in total. The Morgan fingerprint density at radius 3 is 2.44 bits per heavy atom. The maximum Gasteiger partial charge on any atom is 0.338 e. The average Bonchev–Trinajstić information content (AvgIpc) is 2.37. The number of unbranched alkanes of at least 4 members (excludes halogenated alkanes) is 1. The van der Waals surface area contributed by atoms with Gasteiger partial charge < -0.3 is 15.2 Å². The van der Waals surface area contributed by atoms with Crippen LogP contribution in [-0.2, 0) is 9.53 Å². The van der Waals surface area contributed by atoms with Crippen molar-refractivity contribution in [1.29, 1.82) is 0 Å². The first kappa shape index (κ1) is 14.0. The van der Waals surface area contributed by atoms with Crippen molar-refractivity contribution in [3.8, 4) is 5.75 Å². The molecule has 0 bridgehead atoms. The van der Waals surface area contributed by atoms with E-state index < -0.39 is 5.91 Å². The van der Waals surface area contributed by atoms with Gasteiger partial charge in [-0.25, -0.2) is 4.79 Å². The Kier molecular flexibility index (Phi) is 5.70. The molecule has 0 saturated heterocycles. The molecule has 0 aromatic heterocycles. The van der Waals surface area contributed by atoms with Crippen LogP contribution in [0, 0.1) is 0 Å². The summed E-state index contributed by atoms with van der Waals surface area (Å²) in [6.07, 6.45) is 1.83. The predicted molar refractivity (Wildman–Crippen MR) is 66.3 cm³/mol. The molecular weight excluding hydrogens is 234 g/mol. The monoisotopic (exact) mass is 251 g/mol. The van der Waals surface area contributed by atoms with Crippen LogP contribution in [0.25, 0.3) is 0 Å². The number of amides is 1. The third kappa shape index (κ3) is 4.86. The summed E-state index contributed by atoms with van der Waals surface area (Å²) in [6.45, 7) is 2.27. The topological polar surface area (TPSA) is 78.6 Å².